The number of aryl methyl sites for hydroxylation is 1. The molecule has 4 nitrogen and oxygen atoms in total. The Kier molecular flexibility index (Phi) is 4.82. The third-order valence-electron chi connectivity index (χ3n) is 4.84. The first kappa shape index (κ1) is 16.5. The number of nitrogens with zero attached hydrogens (tertiary/aromatic N) is 2. The van der Waals surface area contributed by atoms with Crippen LogP contribution in [-0.2, 0) is 6.54 Å². The van der Waals surface area contributed by atoms with Crippen molar-refractivity contribution in [1.82, 2.24) is 9.88 Å². The van der Waals surface area contributed by atoms with Crippen molar-refractivity contribution in [2.24, 2.45) is 0 Å². The van der Waals surface area contributed by atoms with E-state index < -0.39 is 0 Å². The van der Waals surface area contributed by atoms with Crippen molar-refractivity contribution >= 4 is 0 Å². The highest BCUT2D eigenvalue weighted by molar-refractivity contribution is 5.70. The number of H-pyrrole nitrogens is 1. The van der Waals surface area contributed by atoms with Crippen LogP contribution in [0.4, 0.5) is 0 Å². The number of rotatable bonds is 3. The number of hydrogen-bond acceptors (Lipinski definition) is 3. The molecular weight excluding hydrogens is 298 g/mol. The maximum absolute atomic E-state index is 12.0. The van der Waals surface area contributed by atoms with Crippen LogP contribution in [0.2, 0.25) is 0 Å². The van der Waals surface area contributed by atoms with Gasteiger partial charge in [-0.15, -0.1) is 0 Å². The molecule has 0 spiro atoms. The highest BCUT2D eigenvalue weighted by Gasteiger charge is 2.18. The summed E-state index contributed by atoms with van der Waals surface area (Å²) in [5.41, 5.74) is 3.51. The lowest BCUT2D eigenvalue weighted by molar-refractivity contribution is 0.152. The molecule has 124 valence electrons. The summed E-state index contributed by atoms with van der Waals surface area (Å²) in [5.74, 6) is 0. The Morgan fingerprint density at radius 1 is 1.33 bits per heavy atom. The average Bonchev–Trinajstić information content (AvgIpc) is 2.57. The van der Waals surface area contributed by atoms with Crippen LogP contribution in [0, 0.1) is 18.3 Å². The topological polar surface area (TPSA) is 59.9 Å². The molecular formula is C20H23N3O. The Balaban J connectivity index is 1.94. The van der Waals surface area contributed by atoms with E-state index in [1.54, 1.807) is 0 Å². The maximum atomic E-state index is 12.0. The summed E-state index contributed by atoms with van der Waals surface area (Å²) in [6, 6.07) is 12.7. The number of hydrogen-bond donors (Lipinski definition) is 1. The molecule has 1 N–H and O–H groups in total. The fraction of sp³-hybridized carbons (Fsp3) is 0.400. The van der Waals surface area contributed by atoms with E-state index in [0.29, 0.717) is 11.6 Å². The van der Waals surface area contributed by atoms with Crippen molar-refractivity contribution in [2.45, 2.75) is 45.7 Å². The third kappa shape index (κ3) is 3.42. The molecule has 1 atom stereocenters. The molecule has 4 heteroatoms. The van der Waals surface area contributed by atoms with Gasteiger partial charge in [-0.05, 0) is 56.5 Å². The molecule has 24 heavy (non-hydrogen) atoms. The molecule has 1 unspecified atom stereocenters. The molecule has 1 aromatic heterocycles. The van der Waals surface area contributed by atoms with E-state index in [2.05, 4.69) is 28.9 Å². The second kappa shape index (κ2) is 7.02. The average molecular weight is 321 g/mol. The van der Waals surface area contributed by atoms with Crippen molar-refractivity contribution in [3.63, 3.8) is 0 Å². The van der Waals surface area contributed by atoms with Gasteiger partial charge in [0.1, 0.15) is 11.6 Å². The number of likely N-dealkylation sites (tertiary alicyclic amines) is 1. The van der Waals surface area contributed by atoms with Crippen LogP contribution in [0.3, 0.4) is 0 Å². The fourth-order valence-electron chi connectivity index (χ4n) is 3.49. The van der Waals surface area contributed by atoms with Gasteiger partial charge in [-0.2, -0.15) is 5.26 Å². The van der Waals surface area contributed by atoms with Crippen LogP contribution >= 0.6 is 0 Å². The summed E-state index contributed by atoms with van der Waals surface area (Å²) >= 11 is 0. The van der Waals surface area contributed by atoms with Crippen LogP contribution in [-0.4, -0.2) is 22.5 Å². The van der Waals surface area contributed by atoms with Crippen LogP contribution in [0.15, 0.2) is 35.1 Å². The highest BCUT2D eigenvalue weighted by Crippen LogP contribution is 2.25. The van der Waals surface area contributed by atoms with Gasteiger partial charge >= 0.3 is 0 Å². The number of nitriles is 1. The molecule has 1 saturated heterocycles. The minimum absolute atomic E-state index is 0.184. The van der Waals surface area contributed by atoms with E-state index in [-0.39, 0.29) is 11.1 Å². The quantitative estimate of drug-likeness (QED) is 0.939. The summed E-state index contributed by atoms with van der Waals surface area (Å²) in [5, 5.41) is 9.34. The van der Waals surface area contributed by atoms with Gasteiger partial charge in [0.15, 0.2) is 0 Å². The molecule has 1 aromatic carbocycles. The number of aromatic amines is 1. The summed E-state index contributed by atoms with van der Waals surface area (Å²) < 4.78 is 0. The zero-order chi connectivity index (χ0) is 17.1. The van der Waals surface area contributed by atoms with E-state index in [0.717, 1.165) is 24.3 Å². The first-order chi connectivity index (χ1) is 11.6. The van der Waals surface area contributed by atoms with Crippen LogP contribution < -0.4 is 5.56 Å². The van der Waals surface area contributed by atoms with Crippen molar-refractivity contribution < 1.29 is 0 Å². The second-order valence-electron chi connectivity index (χ2n) is 6.70. The maximum Gasteiger partial charge on any atom is 0.266 e. The summed E-state index contributed by atoms with van der Waals surface area (Å²) in [6.45, 7) is 6.18. The summed E-state index contributed by atoms with van der Waals surface area (Å²) in [7, 11) is 0. The van der Waals surface area contributed by atoms with Gasteiger partial charge < -0.3 is 4.98 Å². The van der Waals surface area contributed by atoms with Crippen molar-refractivity contribution in [3.8, 4) is 17.2 Å². The van der Waals surface area contributed by atoms with Crippen molar-refractivity contribution in [3.05, 3.63) is 57.5 Å². The minimum Gasteiger partial charge on any atom is -0.325 e. The van der Waals surface area contributed by atoms with E-state index in [1.165, 1.54) is 24.8 Å². The van der Waals surface area contributed by atoms with Gasteiger partial charge in [0.25, 0.3) is 5.56 Å². The molecule has 1 fully saturated rings. The number of piperidine rings is 1. The Morgan fingerprint density at radius 3 is 2.92 bits per heavy atom. The summed E-state index contributed by atoms with van der Waals surface area (Å²) in [4.78, 5) is 17.2. The van der Waals surface area contributed by atoms with Gasteiger partial charge in [0.05, 0.1) is 0 Å². The smallest absolute Gasteiger partial charge is 0.266 e. The molecule has 1 aliphatic rings. The molecule has 3 rings (SSSR count). The van der Waals surface area contributed by atoms with E-state index in [4.69, 9.17) is 0 Å². The predicted octanol–water partition coefficient (Wildman–Crippen LogP) is 3.60. The van der Waals surface area contributed by atoms with E-state index in [1.807, 2.05) is 31.2 Å². The van der Waals surface area contributed by atoms with Gasteiger partial charge in [-0.3, -0.25) is 9.69 Å². The molecule has 2 heterocycles. The largest absolute Gasteiger partial charge is 0.325 e. The fourth-order valence-corrected chi connectivity index (χ4v) is 3.49. The molecule has 0 aliphatic carbocycles. The van der Waals surface area contributed by atoms with Gasteiger partial charge in [0, 0.05) is 23.8 Å². The standard InChI is InChI=1S/C20H23N3O/c1-14-10-18(19(12-21)20(24)22-14)17-8-5-7-16(11-17)13-23-9-4-3-6-15(23)2/h5,7-8,10-11,15H,3-4,6,9,13H2,1-2H3,(H,22,24). The molecule has 0 saturated carbocycles. The highest BCUT2D eigenvalue weighted by atomic mass is 16.1. The number of pyridine rings is 1. The Hall–Kier alpha value is -2.38. The number of aromatic nitrogens is 1. The lowest BCUT2D eigenvalue weighted by Crippen LogP contribution is -2.36. The first-order valence-electron chi connectivity index (χ1n) is 8.56. The molecule has 0 amide bonds. The Labute approximate surface area is 142 Å². The zero-order valence-corrected chi connectivity index (χ0v) is 14.3. The van der Waals surface area contributed by atoms with Gasteiger partial charge in [0.2, 0.25) is 0 Å². The Bertz CT molecular complexity index is 832. The molecule has 1 aliphatic heterocycles. The van der Waals surface area contributed by atoms with Crippen molar-refractivity contribution in [1.29, 1.82) is 5.26 Å². The molecule has 0 radical (unpaired) electrons. The number of benzene rings is 1. The van der Waals surface area contributed by atoms with E-state index in [9.17, 15) is 10.1 Å². The first-order valence-corrected chi connectivity index (χ1v) is 8.56. The van der Waals surface area contributed by atoms with Gasteiger partial charge in [-0.25, -0.2) is 0 Å². The van der Waals surface area contributed by atoms with Crippen LogP contribution in [0.5, 0.6) is 0 Å². The lowest BCUT2D eigenvalue weighted by Gasteiger charge is -2.33. The molecule has 2 aromatic rings. The molecule has 0 bridgehead atoms. The normalized spacial score (nSPS) is 18.3. The van der Waals surface area contributed by atoms with Crippen LogP contribution in [0.25, 0.3) is 11.1 Å². The SMILES string of the molecule is Cc1cc(-c2cccc(CN3CCCCC3C)c2)c(C#N)c(=O)[nH]1. The number of nitrogens with one attached hydrogen (secondary N) is 1. The van der Waals surface area contributed by atoms with Gasteiger partial charge in [-0.1, -0.05) is 24.6 Å². The lowest BCUT2D eigenvalue weighted by atomic mass is 9.98. The third-order valence-corrected chi connectivity index (χ3v) is 4.84. The minimum atomic E-state index is -0.317. The monoisotopic (exact) mass is 321 g/mol. The predicted molar refractivity (Wildman–Crippen MR) is 95.7 cm³/mol. The second-order valence-corrected chi connectivity index (χ2v) is 6.70. The Morgan fingerprint density at radius 2 is 2.17 bits per heavy atom. The zero-order valence-electron chi connectivity index (χ0n) is 14.3. The summed E-state index contributed by atoms with van der Waals surface area (Å²) in [6.07, 6.45) is 3.83. The van der Waals surface area contributed by atoms with E-state index >= 15 is 0 Å². The van der Waals surface area contributed by atoms with Crippen molar-refractivity contribution in [2.75, 3.05) is 6.54 Å². The van der Waals surface area contributed by atoms with Crippen LogP contribution in [0.1, 0.15) is 43.0 Å².